The van der Waals surface area contributed by atoms with Gasteiger partial charge in [0.05, 0.1) is 28.3 Å². The molecule has 12 heteroatoms. The van der Waals surface area contributed by atoms with Gasteiger partial charge >= 0.3 is 5.97 Å². The number of carboxylic acid groups (broad SMARTS) is 1. The van der Waals surface area contributed by atoms with Gasteiger partial charge in [0.1, 0.15) is 16.8 Å². The third kappa shape index (κ3) is 5.06. The van der Waals surface area contributed by atoms with Gasteiger partial charge in [0, 0.05) is 29.4 Å². The molecule has 40 heavy (non-hydrogen) atoms. The average molecular weight is 560 g/mol. The molecule has 5 aromatic rings. The largest absolute Gasteiger partial charge is 0.476 e. The van der Waals surface area contributed by atoms with E-state index >= 15 is 0 Å². The van der Waals surface area contributed by atoms with Crippen LogP contribution in [0.4, 0.5) is 16.0 Å². The molecule has 10 nitrogen and oxygen atoms in total. The molecule has 3 aromatic heterocycles. The van der Waals surface area contributed by atoms with Crippen LogP contribution in [0.25, 0.3) is 33.5 Å². The van der Waals surface area contributed by atoms with Gasteiger partial charge in [-0.15, -0.1) is 0 Å². The molecule has 0 spiro atoms. The van der Waals surface area contributed by atoms with Crippen molar-refractivity contribution in [2.45, 2.75) is 19.9 Å². The van der Waals surface area contributed by atoms with Gasteiger partial charge in [0.15, 0.2) is 5.69 Å². The van der Waals surface area contributed by atoms with Gasteiger partial charge < -0.3 is 16.2 Å². The number of benzene rings is 2. The molecule has 3 heterocycles. The van der Waals surface area contributed by atoms with Crippen LogP contribution in [-0.4, -0.2) is 35.6 Å². The molecular formula is C28H23ClFN7O3. The van der Waals surface area contributed by atoms with E-state index in [0.29, 0.717) is 22.6 Å². The van der Waals surface area contributed by atoms with E-state index in [-0.39, 0.29) is 33.4 Å². The Morgan fingerprint density at radius 2 is 1.75 bits per heavy atom. The predicted octanol–water partition coefficient (Wildman–Crippen LogP) is 5.01. The number of carbonyl (C=O) groups is 1. The first-order chi connectivity index (χ1) is 19.0. The Balaban J connectivity index is 1.60. The standard InChI is InChI=1S/C28H23ClFN7O3/c1-13-10-21(34-28(31)32-13)15-4-6-16(7-5-15)25-36-23-18(11-17(30)12-19(23)26(38)37(25)3)14(2)33-20-8-9-22(29)35-24(20)27(39)40/h4-12,14,33H,1-3H3,(H,39,40)(H2,31,32,34)/t14-/m1/s1. The van der Waals surface area contributed by atoms with Gasteiger partial charge in [0.2, 0.25) is 5.95 Å². The number of hydrogen-bond acceptors (Lipinski definition) is 8. The van der Waals surface area contributed by atoms with Crippen molar-refractivity contribution in [3.63, 3.8) is 0 Å². The number of carboxylic acids is 1. The number of aromatic carboxylic acids is 1. The summed E-state index contributed by atoms with van der Waals surface area (Å²) in [7, 11) is 1.57. The number of nitrogens with one attached hydrogen (secondary N) is 1. The Morgan fingerprint density at radius 3 is 2.42 bits per heavy atom. The third-order valence-corrected chi connectivity index (χ3v) is 6.60. The van der Waals surface area contributed by atoms with Crippen molar-refractivity contribution in [1.29, 1.82) is 0 Å². The quantitative estimate of drug-likeness (QED) is 0.244. The Hall–Kier alpha value is -4.90. The minimum absolute atomic E-state index is 0.0194. The van der Waals surface area contributed by atoms with Crippen molar-refractivity contribution in [2.24, 2.45) is 7.05 Å². The third-order valence-electron chi connectivity index (χ3n) is 6.39. The van der Waals surface area contributed by atoms with Crippen molar-refractivity contribution in [3.05, 3.63) is 92.9 Å². The van der Waals surface area contributed by atoms with Crippen molar-refractivity contribution >= 4 is 40.1 Å². The lowest BCUT2D eigenvalue weighted by atomic mass is 10.0. The van der Waals surface area contributed by atoms with Crippen molar-refractivity contribution < 1.29 is 14.3 Å². The van der Waals surface area contributed by atoms with Crippen molar-refractivity contribution in [3.8, 4) is 22.6 Å². The van der Waals surface area contributed by atoms with E-state index < -0.39 is 23.4 Å². The molecule has 4 N–H and O–H groups in total. The number of halogens is 2. The fourth-order valence-electron chi connectivity index (χ4n) is 4.51. The molecule has 2 aromatic carbocycles. The number of nitrogen functional groups attached to an aromatic ring is 1. The Kier molecular flexibility index (Phi) is 6.90. The number of anilines is 2. The Bertz CT molecular complexity index is 1840. The maximum absolute atomic E-state index is 14.7. The molecule has 0 aliphatic heterocycles. The predicted molar refractivity (Wildman–Crippen MR) is 151 cm³/mol. The summed E-state index contributed by atoms with van der Waals surface area (Å²) in [6.45, 7) is 3.53. The molecule has 0 amide bonds. The fourth-order valence-corrected chi connectivity index (χ4v) is 4.66. The number of pyridine rings is 1. The highest BCUT2D eigenvalue weighted by molar-refractivity contribution is 6.29. The highest BCUT2D eigenvalue weighted by Crippen LogP contribution is 2.30. The van der Waals surface area contributed by atoms with E-state index in [0.717, 1.165) is 17.3 Å². The SMILES string of the molecule is Cc1cc(-c2ccc(-c3nc4c([C@@H](C)Nc5ccc(Cl)nc5C(=O)O)cc(F)cc4c(=O)n3C)cc2)nc(N)n1. The molecule has 0 saturated heterocycles. The number of nitrogens with two attached hydrogens (primary N) is 1. The smallest absolute Gasteiger partial charge is 0.356 e. The lowest BCUT2D eigenvalue weighted by Gasteiger charge is -2.19. The van der Waals surface area contributed by atoms with E-state index in [4.69, 9.17) is 22.3 Å². The highest BCUT2D eigenvalue weighted by Gasteiger charge is 2.21. The fraction of sp³-hybridized carbons (Fsp3) is 0.143. The monoisotopic (exact) mass is 559 g/mol. The van der Waals surface area contributed by atoms with Crippen LogP contribution in [0.2, 0.25) is 5.15 Å². The second-order valence-corrected chi connectivity index (χ2v) is 9.61. The molecular weight excluding hydrogens is 537 g/mol. The minimum atomic E-state index is -1.28. The van der Waals surface area contributed by atoms with Gasteiger partial charge in [-0.25, -0.2) is 29.1 Å². The molecule has 202 valence electrons. The molecule has 0 unspecified atom stereocenters. The highest BCUT2D eigenvalue weighted by atomic mass is 35.5. The summed E-state index contributed by atoms with van der Waals surface area (Å²) in [5.41, 5.74) is 8.74. The molecule has 5 rings (SSSR count). The minimum Gasteiger partial charge on any atom is -0.476 e. The normalized spacial score (nSPS) is 11.9. The Labute approximate surface area is 232 Å². The second kappa shape index (κ2) is 10.3. The van der Waals surface area contributed by atoms with Gasteiger partial charge in [-0.05, 0) is 44.2 Å². The van der Waals surface area contributed by atoms with E-state index in [1.54, 1.807) is 26.1 Å². The molecule has 0 fully saturated rings. The van der Waals surface area contributed by atoms with Gasteiger partial charge in [-0.1, -0.05) is 35.9 Å². The number of fused-ring (bicyclic) bond motifs is 1. The summed E-state index contributed by atoms with van der Waals surface area (Å²) in [6.07, 6.45) is 0. The zero-order valence-electron chi connectivity index (χ0n) is 21.6. The summed E-state index contributed by atoms with van der Waals surface area (Å²) >= 11 is 5.87. The van der Waals surface area contributed by atoms with Crippen LogP contribution < -0.4 is 16.6 Å². The van der Waals surface area contributed by atoms with Gasteiger partial charge in [-0.3, -0.25) is 9.36 Å². The van der Waals surface area contributed by atoms with Crippen LogP contribution in [-0.2, 0) is 7.05 Å². The van der Waals surface area contributed by atoms with Crippen molar-refractivity contribution in [2.75, 3.05) is 11.1 Å². The van der Waals surface area contributed by atoms with Crippen LogP contribution in [0.3, 0.4) is 0 Å². The summed E-state index contributed by atoms with van der Waals surface area (Å²) in [4.78, 5) is 42.1. The first kappa shape index (κ1) is 26.7. The average Bonchev–Trinajstić information content (AvgIpc) is 2.91. The second-order valence-electron chi connectivity index (χ2n) is 9.22. The first-order valence-corrected chi connectivity index (χ1v) is 12.5. The van der Waals surface area contributed by atoms with Crippen molar-refractivity contribution in [1.82, 2.24) is 24.5 Å². The van der Waals surface area contributed by atoms with Crippen LogP contribution in [0.1, 0.15) is 34.7 Å². The maximum Gasteiger partial charge on any atom is 0.356 e. The van der Waals surface area contributed by atoms with Gasteiger partial charge in [-0.2, -0.15) is 0 Å². The Morgan fingerprint density at radius 1 is 1.05 bits per heavy atom. The molecule has 0 bridgehead atoms. The topological polar surface area (TPSA) is 149 Å². The number of aromatic nitrogens is 5. The van der Waals surface area contributed by atoms with Crippen LogP contribution in [0, 0.1) is 12.7 Å². The molecule has 0 aliphatic carbocycles. The summed E-state index contributed by atoms with van der Waals surface area (Å²) in [6, 6.07) is 13.8. The van der Waals surface area contributed by atoms with E-state index in [1.165, 1.54) is 22.8 Å². The van der Waals surface area contributed by atoms with E-state index in [1.807, 2.05) is 25.1 Å². The van der Waals surface area contributed by atoms with Crippen LogP contribution in [0.5, 0.6) is 0 Å². The van der Waals surface area contributed by atoms with E-state index in [9.17, 15) is 19.1 Å². The molecule has 0 saturated carbocycles. The summed E-state index contributed by atoms with van der Waals surface area (Å²) in [5.74, 6) is -1.37. The lowest BCUT2D eigenvalue weighted by Crippen LogP contribution is -2.22. The lowest BCUT2D eigenvalue weighted by molar-refractivity contribution is 0.0691. The zero-order valence-corrected chi connectivity index (χ0v) is 22.4. The summed E-state index contributed by atoms with van der Waals surface area (Å²) in [5, 5.41) is 12.7. The van der Waals surface area contributed by atoms with Crippen LogP contribution >= 0.6 is 11.6 Å². The first-order valence-electron chi connectivity index (χ1n) is 12.1. The maximum atomic E-state index is 14.7. The zero-order chi connectivity index (χ0) is 28.7. The number of nitrogens with zero attached hydrogens (tertiary/aromatic N) is 5. The number of hydrogen-bond donors (Lipinski definition) is 3. The number of aryl methyl sites for hydroxylation is 1. The molecule has 1 atom stereocenters. The number of rotatable bonds is 6. The van der Waals surface area contributed by atoms with E-state index in [2.05, 4.69) is 20.3 Å². The molecule has 0 aliphatic rings. The molecule has 0 radical (unpaired) electrons. The van der Waals surface area contributed by atoms with Crippen LogP contribution in [0.15, 0.2) is 59.4 Å². The van der Waals surface area contributed by atoms with Gasteiger partial charge in [0.25, 0.3) is 5.56 Å². The summed E-state index contributed by atoms with van der Waals surface area (Å²) < 4.78 is 16.1.